The molecule has 5 heteroatoms. The van der Waals surface area contributed by atoms with E-state index < -0.39 is 0 Å². The molecule has 1 aliphatic heterocycles. The number of carbonyl (C=O) groups excluding carboxylic acids is 1. The van der Waals surface area contributed by atoms with Crippen molar-refractivity contribution in [1.29, 1.82) is 0 Å². The van der Waals surface area contributed by atoms with E-state index in [9.17, 15) is 9.90 Å². The molecule has 5 nitrogen and oxygen atoms in total. The molecule has 1 aliphatic rings. The fourth-order valence-corrected chi connectivity index (χ4v) is 1.84. The lowest BCUT2D eigenvalue weighted by Gasteiger charge is -2.08. The van der Waals surface area contributed by atoms with Gasteiger partial charge in [0.05, 0.1) is 25.7 Å². The minimum absolute atomic E-state index is 0.0465. The lowest BCUT2D eigenvalue weighted by atomic mass is 10.0. The molecule has 92 valence electrons. The molecule has 0 aromatic heterocycles. The number of benzene rings is 1. The predicted molar refractivity (Wildman–Crippen MR) is 60.1 cm³/mol. The fourth-order valence-electron chi connectivity index (χ4n) is 1.84. The molecule has 0 spiro atoms. The van der Waals surface area contributed by atoms with Gasteiger partial charge < -0.3 is 9.84 Å². The Morgan fingerprint density at radius 2 is 2.24 bits per heavy atom. The summed E-state index contributed by atoms with van der Waals surface area (Å²) in [5.74, 6) is -0.0399. The topological polar surface area (TPSA) is 67.8 Å². The van der Waals surface area contributed by atoms with Crippen LogP contribution in [0.2, 0.25) is 0 Å². The number of hydroxylamine groups is 1. The number of esters is 1. The van der Waals surface area contributed by atoms with Crippen molar-refractivity contribution in [3.8, 4) is 5.75 Å². The molecule has 0 amide bonds. The number of hydrogen-bond donors (Lipinski definition) is 2. The molecular formula is C12H15NO4. The van der Waals surface area contributed by atoms with Crippen molar-refractivity contribution < 1.29 is 19.5 Å². The van der Waals surface area contributed by atoms with Crippen LogP contribution in [0.3, 0.4) is 0 Å². The molecule has 1 aromatic carbocycles. The van der Waals surface area contributed by atoms with Crippen molar-refractivity contribution in [2.75, 3.05) is 7.11 Å². The van der Waals surface area contributed by atoms with Crippen LogP contribution < -0.4 is 5.48 Å². The van der Waals surface area contributed by atoms with Crippen LogP contribution in [-0.2, 0) is 14.4 Å². The molecule has 2 unspecified atom stereocenters. The van der Waals surface area contributed by atoms with E-state index in [0.29, 0.717) is 6.42 Å². The number of methoxy groups -OCH3 is 1. The van der Waals surface area contributed by atoms with Crippen molar-refractivity contribution in [2.24, 2.45) is 0 Å². The van der Waals surface area contributed by atoms with Gasteiger partial charge in [0.1, 0.15) is 5.75 Å². The third-order valence-electron chi connectivity index (χ3n) is 2.79. The number of ether oxygens (including phenoxy) is 1. The van der Waals surface area contributed by atoms with Crippen molar-refractivity contribution in [2.45, 2.75) is 25.0 Å². The first-order valence-corrected chi connectivity index (χ1v) is 5.46. The van der Waals surface area contributed by atoms with Gasteiger partial charge in [-0.05, 0) is 24.1 Å². The highest BCUT2D eigenvalue weighted by Gasteiger charge is 2.28. The van der Waals surface area contributed by atoms with Gasteiger partial charge in [-0.25, -0.2) is 0 Å². The van der Waals surface area contributed by atoms with Crippen molar-refractivity contribution in [1.82, 2.24) is 5.48 Å². The molecule has 0 saturated carbocycles. The maximum absolute atomic E-state index is 11.1. The second kappa shape index (κ2) is 5.16. The van der Waals surface area contributed by atoms with Gasteiger partial charge in [0, 0.05) is 0 Å². The van der Waals surface area contributed by atoms with Crippen LogP contribution in [0.25, 0.3) is 0 Å². The van der Waals surface area contributed by atoms with Gasteiger partial charge in [0.25, 0.3) is 0 Å². The lowest BCUT2D eigenvalue weighted by Crippen LogP contribution is -2.15. The second-order valence-corrected chi connectivity index (χ2v) is 4.02. The maximum atomic E-state index is 11.1. The zero-order valence-electron chi connectivity index (χ0n) is 9.55. The Labute approximate surface area is 99.3 Å². The lowest BCUT2D eigenvalue weighted by molar-refractivity contribution is -0.143. The smallest absolute Gasteiger partial charge is 0.308 e. The predicted octanol–water partition coefficient (Wildman–Crippen LogP) is 1.29. The Balaban J connectivity index is 1.93. The highest BCUT2D eigenvalue weighted by atomic mass is 16.7. The number of hydrogen-bond acceptors (Lipinski definition) is 5. The summed E-state index contributed by atoms with van der Waals surface area (Å²) in [6, 6.07) is 6.97. The average molecular weight is 237 g/mol. The van der Waals surface area contributed by atoms with E-state index >= 15 is 0 Å². The molecule has 2 rings (SSSR count). The molecule has 1 fully saturated rings. The van der Waals surface area contributed by atoms with Crippen LogP contribution in [0.1, 0.15) is 24.4 Å². The first-order valence-electron chi connectivity index (χ1n) is 5.46. The summed E-state index contributed by atoms with van der Waals surface area (Å²) in [5.41, 5.74) is 3.91. The first-order chi connectivity index (χ1) is 8.19. The first kappa shape index (κ1) is 11.9. The molecule has 2 atom stereocenters. The monoisotopic (exact) mass is 237 g/mol. The van der Waals surface area contributed by atoms with Crippen molar-refractivity contribution in [3.63, 3.8) is 0 Å². The summed E-state index contributed by atoms with van der Waals surface area (Å²) in [5, 5.41) is 9.19. The van der Waals surface area contributed by atoms with Crippen LogP contribution in [0.5, 0.6) is 5.75 Å². The van der Waals surface area contributed by atoms with Crippen LogP contribution in [0.4, 0.5) is 0 Å². The van der Waals surface area contributed by atoms with Gasteiger partial charge in [-0.1, -0.05) is 12.1 Å². The zero-order chi connectivity index (χ0) is 12.3. The largest absolute Gasteiger partial charge is 0.508 e. The summed E-state index contributed by atoms with van der Waals surface area (Å²) in [6.07, 6.45) is 0.791. The molecule has 17 heavy (non-hydrogen) atoms. The Hall–Kier alpha value is -1.59. The van der Waals surface area contributed by atoms with Gasteiger partial charge in [-0.3, -0.25) is 9.63 Å². The molecule has 0 bridgehead atoms. The van der Waals surface area contributed by atoms with Crippen molar-refractivity contribution >= 4 is 5.97 Å². The summed E-state index contributed by atoms with van der Waals surface area (Å²) in [7, 11) is 1.36. The van der Waals surface area contributed by atoms with Crippen LogP contribution in [0, 0.1) is 0 Å². The molecule has 1 heterocycles. The van der Waals surface area contributed by atoms with Crippen LogP contribution in [0.15, 0.2) is 24.3 Å². The summed E-state index contributed by atoms with van der Waals surface area (Å²) < 4.78 is 4.59. The zero-order valence-corrected chi connectivity index (χ0v) is 9.55. The van der Waals surface area contributed by atoms with E-state index in [-0.39, 0.29) is 30.3 Å². The Morgan fingerprint density at radius 1 is 1.53 bits per heavy atom. The van der Waals surface area contributed by atoms with Gasteiger partial charge in [0.2, 0.25) is 0 Å². The third kappa shape index (κ3) is 2.95. The number of phenolic OH excluding ortho intramolecular Hbond substituents is 1. The Bertz CT molecular complexity index is 390. The molecule has 0 radical (unpaired) electrons. The Morgan fingerprint density at radius 3 is 2.88 bits per heavy atom. The van der Waals surface area contributed by atoms with Gasteiger partial charge in [0.15, 0.2) is 0 Å². The molecule has 2 N–H and O–H groups in total. The number of rotatable bonds is 3. The molecular weight excluding hydrogens is 222 g/mol. The van der Waals surface area contributed by atoms with E-state index in [1.54, 1.807) is 12.1 Å². The number of phenols is 1. The van der Waals surface area contributed by atoms with E-state index in [4.69, 9.17) is 4.84 Å². The quantitative estimate of drug-likeness (QED) is 0.775. The highest BCUT2D eigenvalue weighted by Crippen LogP contribution is 2.27. The third-order valence-corrected chi connectivity index (χ3v) is 2.79. The van der Waals surface area contributed by atoms with E-state index in [0.717, 1.165) is 5.56 Å². The molecule has 0 aliphatic carbocycles. The van der Waals surface area contributed by atoms with E-state index in [1.165, 1.54) is 7.11 Å². The SMILES string of the molecule is COC(=O)CC1CC(c2ccc(O)cc2)NO1. The normalized spacial score (nSPS) is 23.6. The van der Waals surface area contributed by atoms with Crippen molar-refractivity contribution in [3.05, 3.63) is 29.8 Å². The van der Waals surface area contributed by atoms with Crippen LogP contribution in [-0.4, -0.2) is 24.3 Å². The summed E-state index contributed by atoms with van der Waals surface area (Å²) in [4.78, 5) is 16.4. The standard InChI is InChI=1S/C12H15NO4/c1-16-12(15)7-10-6-11(13-17-10)8-2-4-9(14)5-3-8/h2-5,10-11,13-14H,6-7H2,1H3. The molecule has 1 saturated heterocycles. The van der Waals surface area contributed by atoms with Crippen LogP contribution >= 0.6 is 0 Å². The summed E-state index contributed by atoms with van der Waals surface area (Å²) >= 11 is 0. The van der Waals surface area contributed by atoms with Gasteiger partial charge in [-0.2, -0.15) is 5.48 Å². The highest BCUT2D eigenvalue weighted by molar-refractivity contribution is 5.69. The number of carbonyl (C=O) groups is 1. The number of aromatic hydroxyl groups is 1. The minimum Gasteiger partial charge on any atom is -0.508 e. The second-order valence-electron chi connectivity index (χ2n) is 4.02. The number of nitrogens with one attached hydrogen (secondary N) is 1. The average Bonchev–Trinajstić information content (AvgIpc) is 2.78. The van der Waals surface area contributed by atoms with E-state index in [1.807, 2.05) is 12.1 Å². The summed E-state index contributed by atoms with van der Waals surface area (Å²) in [6.45, 7) is 0. The molecule has 1 aromatic rings. The fraction of sp³-hybridized carbons (Fsp3) is 0.417. The Kier molecular flexibility index (Phi) is 3.61. The van der Waals surface area contributed by atoms with Gasteiger partial charge in [-0.15, -0.1) is 0 Å². The van der Waals surface area contributed by atoms with E-state index in [2.05, 4.69) is 10.2 Å². The van der Waals surface area contributed by atoms with Gasteiger partial charge >= 0.3 is 5.97 Å². The minimum atomic E-state index is -0.275. The maximum Gasteiger partial charge on any atom is 0.308 e.